The van der Waals surface area contributed by atoms with Gasteiger partial charge in [0.1, 0.15) is 11.4 Å². The maximum absolute atomic E-state index is 10.3. The number of aromatic nitrogens is 2. The van der Waals surface area contributed by atoms with Crippen molar-refractivity contribution in [3.63, 3.8) is 0 Å². The van der Waals surface area contributed by atoms with Crippen LogP contribution in [0.15, 0.2) is 17.4 Å². The zero-order chi connectivity index (χ0) is 7.56. The van der Waals surface area contributed by atoms with Crippen molar-refractivity contribution in [1.82, 2.24) is 9.97 Å². The van der Waals surface area contributed by atoms with E-state index in [9.17, 15) is 8.76 Å². The van der Waals surface area contributed by atoms with E-state index in [1.165, 1.54) is 12.4 Å². The quantitative estimate of drug-likeness (QED) is 0.252. The molecule has 11 heavy (non-hydrogen) atoms. The van der Waals surface area contributed by atoms with Crippen molar-refractivity contribution in [1.29, 1.82) is 0 Å². The largest absolute Gasteiger partial charge is 1.00 e. The van der Waals surface area contributed by atoms with Gasteiger partial charge in [0, 0.05) is 5.69 Å². The van der Waals surface area contributed by atoms with Gasteiger partial charge in [-0.05, 0) is 24.1 Å². The van der Waals surface area contributed by atoms with Gasteiger partial charge in [0.25, 0.3) is 0 Å². The normalized spacial score (nSPS) is 11.8. The standard InChI is InChI=1S/C5H6N2O2S.Li/c1-4-2-5(10(8)9)7-3-6-4;/h2-3H,1H3,(H,8,9);/q;+1/p-1. The Morgan fingerprint density at radius 3 is 2.55 bits per heavy atom. The molecule has 1 aromatic heterocycles. The summed E-state index contributed by atoms with van der Waals surface area (Å²) in [7, 11) is 0. The molecule has 1 atom stereocenters. The van der Waals surface area contributed by atoms with Crippen LogP contribution in [0.4, 0.5) is 0 Å². The summed E-state index contributed by atoms with van der Waals surface area (Å²) in [6.07, 6.45) is 1.22. The number of aryl methyl sites for hydroxylation is 1. The summed E-state index contributed by atoms with van der Waals surface area (Å²) in [6.45, 7) is 1.71. The molecule has 1 aromatic rings. The topological polar surface area (TPSA) is 65.9 Å². The van der Waals surface area contributed by atoms with Crippen LogP contribution in [-0.4, -0.2) is 18.7 Å². The molecule has 0 aliphatic carbocycles. The maximum atomic E-state index is 10.3. The Hall–Kier alpha value is -0.213. The second-order valence-electron chi connectivity index (χ2n) is 1.73. The van der Waals surface area contributed by atoms with Gasteiger partial charge in [-0.1, -0.05) is 0 Å². The number of hydrogen-bond donors (Lipinski definition) is 0. The molecule has 0 spiro atoms. The maximum Gasteiger partial charge on any atom is 1.00 e. The van der Waals surface area contributed by atoms with E-state index in [2.05, 4.69) is 9.97 Å². The molecule has 0 aliphatic heterocycles. The van der Waals surface area contributed by atoms with E-state index in [-0.39, 0.29) is 23.9 Å². The fourth-order valence-electron chi connectivity index (χ4n) is 0.521. The first-order valence-electron chi connectivity index (χ1n) is 2.58. The van der Waals surface area contributed by atoms with Crippen molar-refractivity contribution < 1.29 is 27.6 Å². The average Bonchev–Trinajstić information content (AvgIpc) is 1.88. The first-order chi connectivity index (χ1) is 4.70. The van der Waals surface area contributed by atoms with Crippen LogP contribution in [0.1, 0.15) is 5.69 Å². The summed E-state index contributed by atoms with van der Waals surface area (Å²) < 4.78 is 20.5. The second-order valence-corrected chi connectivity index (χ2v) is 2.62. The van der Waals surface area contributed by atoms with Gasteiger partial charge in [-0.2, -0.15) is 0 Å². The van der Waals surface area contributed by atoms with Crippen LogP contribution in [0.5, 0.6) is 0 Å². The Balaban J connectivity index is 0.000001000. The molecule has 0 saturated heterocycles. The minimum atomic E-state index is -2.24. The van der Waals surface area contributed by atoms with Crippen molar-refractivity contribution in [3.8, 4) is 0 Å². The molecule has 1 unspecified atom stereocenters. The zero-order valence-electron chi connectivity index (χ0n) is 6.27. The van der Waals surface area contributed by atoms with E-state index in [1.54, 1.807) is 6.92 Å². The molecule has 0 aromatic carbocycles. The van der Waals surface area contributed by atoms with Crippen LogP contribution < -0.4 is 18.9 Å². The molecule has 54 valence electrons. The molecule has 0 aliphatic rings. The third kappa shape index (κ3) is 3.12. The van der Waals surface area contributed by atoms with Crippen LogP contribution in [0.3, 0.4) is 0 Å². The van der Waals surface area contributed by atoms with E-state index in [0.29, 0.717) is 5.69 Å². The molecule has 1 heterocycles. The number of nitrogens with zero attached hydrogens (tertiary/aromatic N) is 2. The SMILES string of the molecule is Cc1cc(S(=O)[O-])ncn1.[Li+]. The van der Waals surface area contributed by atoms with Crippen molar-refractivity contribution in [2.45, 2.75) is 11.9 Å². The summed E-state index contributed by atoms with van der Waals surface area (Å²) in [5.74, 6) is 0. The first kappa shape index (κ1) is 10.8. The molecule has 0 amide bonds. The molecule has 1 rings (SSSR count). The van der Waals surface area contributed by atoms with E-state index in [1.807, 2.05) is 0 Å². The fourth-order valence-corrected chi connectivity index (χ4v) is 0.921. The van der Waals surface area contributed by atoms with Crippen LogP contribution in [0.25, 0.3) is 0 Å². The molecule has 6 heteroatoms. The van der Waals surface area contributed by atoms with Crippen LogP contribution in [0, 0.1) is 6.92 Å². The predicted molar refractivity (Wildman–Crippen MR) is 34.0 cm³/mol. The van der Waals surface area contributed by atoms with E-state index in [4.69, 9.17) is 0 Å². The van der Waals surface area contributed by atoms with Crippen LogP contribution >= 0.6 is 0 Å². The van der Waals surface area contributed by atoms with Gasteiger partial charge in [-0.25, -0.2) is 9.97 Å². The first-order valence-corrected chi connectivity index (χ1v) is 3.65. The van der Waals surface area contributed by atoms with Gasteiger partial charge >= 0.3 is 18.9 Å². The smallest absolute Gasteiger partial charge is 0.767 e. The van der Waals surface area contributed by atoms with Crippen molar-refractivity contribution in [3.05, 3.63) is 18.1 Å². The van der Waals surface area contributed by atoms with Gasteiger partial charge in [-0.3, -0.25) is 4.21 Å². The Morgan fingerprint density at radius 2 is 2.18 bits per heavy atom. The third-order valence-electron chi connectivity index (χ3n) is 0.949. The third-order valence-corrected chi connectivity index (χ3v) is 1.51. The predicted octanol–water partition coefficient (Wildman–Crippen LogP) is -2.97. The fraction of sp³-hybridized carbons (Fsp3) is 0.200. The number of rotatable bonds is 1. The summed E-state index contributed by atoms with van der Waals surface area (Å²) in [5.41, 5.74) is 0.647. The van der Waals surface area contributed by atoms with Crippen molar-refractivity contribution in [2.75, 3.05) is 0 Å². The Kier molecular flexibility index (Phi) is 4.53. The Morgan fingerprint density at radius 1 is 1.55 bits per heavy atom. The Labute approximate surface area is 78.9 Å². The summed E-state index contributed by atoms with van der Waals surface area (Å²) in [6, 6.07) is 1.41. The van der Waals surface area contributed by atoms with Gasteiger partial charge in [0.15, 0.2) is 0 Å². The van der Waals surface area contributed by atoms with Gasteiger partial charge in [0.2, 0.25) is 0 Å². The monoisotopic (exact) mass is 164 g/mol. The van der Waals surface area contributed by atoms with Crippen molar-refractivity contribution in [2.24, 2.45) is 0 Å². The van der Waals surface area contributed by atoms with Gasteiger partial charge in [-0.15, -0.1) is 0 Å². The van der Waals surface area contributed by atoms with E-state index < -0.39 is 11.1 Å². The molecular weight excluding hydrogens is 159 g/mol. The Bertz CT molecular complexity index is 268. The summed E-state index contributed by atoms with van der Waals surface area (Å²) in [4.78, 5) is 7.25. The second kappa shape index (κ2) is 4.62. The molecule has 0 radical (unpaired) electrons. The molecule has 0 saturated carbocycles. The molecule has 4 nitrogen and oxygen atoms in total. The van der Waals surface area contributed by atoms with E-state index >= 15 is 0 Å². The number of hydrogen-bond acceptors (Lipinski definition) is 4. The summed E-state index contributed by atoms with van der Waals surface area (Å²) in [5, 5.41) is 0.0347. The van der Waals surface area contributed by atoms with Crippen LogP contribution in [0.2, 0.25) is 0 Å². The molecule has 0 fully saturated rings. The zero-order valence-corrected chi connectivity index (χ0v) is 7.09. The minimum absolute atomic E-state index is 0. The van der Waals surface area contributed by atoms with Crippen LogP contribution in [-0.2, 0) is 11.1 Å². The average molecular weight is 164 g/mol. The van der Waals surface area contributed by atoms with Gasteiger partial charge in [0.05, 0.1) is 0 Å². The van der Waals surface area contributed by atoms with E-state index in [0.717, 1.165) is 0 Å². The molecular formula is C5H5LiN2O2S. The van der Waals surface area contributed by atoms with Crippen molar-refractivity contribution >= 4 is 11.1 Å². The van der Waals surface area contributed by atoms with Gasteiger partial charge < -0.3 is 4.55 Å². The summed E-state index contributed by atoms with van der Waals surface area (Å²) >= 11 is -2.24. The molecule has 0 bridgehead atoms. The molecule has 0 N–H and O–H groups in total. The minimum Gasteiger partial charge on any atom is -0.767 e.